The molecule has 0 fully saturated rings. The van der Waals surface area contributed by atoms with Gasteiger partial charge in [-0.3, -0.25) is 37.3 Å². The Morgan fingerprint density at radius 2 is 0.500 bits per heavy atom. The first-order valence-electron chi connectivity index (χ1n) is 39.5. The number of allylic oxidation sites excluding steroid dienone is 16. The topological polar surface area (TPSA) is 237 Å². The molecule has 3 N–H and O–H groups in total. The molecule has 0 bridgehead atoms. The van der Waals surface area contributed by atoms with E-state index in [2.05, 4.69) is 113 Å². The summed E-state index contributed by atoms with van der Waals surface area (Å²) in [7, 11) is -9.97. The molecule has 0 aromatic heterocycles. The average molecular weight is 1450 g/mol. The van der Waals surface area contributed by atoms with Gasteiger partial charge in [-0.2, -0.15) is 0 Å². The Morgan fingerprint density at radius 1 is 0.280 bits per heavy atom. The zero-order chi connectivity index (χ0) is 73.2. The van der Waals surface area contributed by atoms with E-state index in [0.29, 0.717) is 32.1 Å². The molecule has 2 unspecified atom stereocenters. The second-order valence-corrected chi connectivity index (χ2v) is 29.2. The molecule has 0 heterocycles. The molecule has 578 valence electrons. The zero-order valence-corrected chi connectivity index (χ0v) is 64.9. The van der Waals surface area contributed by atoms with E-state index in [-0.39, 0.29) is 25.7 Å². The second kappa shape index (κ2) is 73.3. The minimum atomic E-state index is -4.99. The van der Waals surface area contributed by atoms with Gasteiger partial charge in [0.25, 0.3) is 0 Å². The van der Waals surface area contributed by atoms with E-state index >= 15 is 0 Å². The first kappa shape index (κ1) is 96.0. The average Bonchev–Trinajstić information content (AvgIpc) is 1.22. The van der Waals surface area contributed by atoms with Crippen LogP contribution in [0.4, 0.5) is 0 Å². The van der Waals surface area contributed by atoms with Crippen molar-refractivity contribution in [1.29, 1.82) is 0 Å². The van der Waals surface area contributed by atoms with Crippen LogP contribution in [0.1, 0.15) is 336 Å². The third-order valence-corrected chi connectivity index (χ3v) is 18.4. The van der Waals surface area contributed by atoms with Crippen LogP contribution < -0.4 is 0 Å². The van der Waals surface area contributed by atoms with E-state index in [9.17, 15) is 43.2 Å². The number of phosphoric acid groups is 2. The summed E-state index contributed by atoms with van der Waals surface area (Å²) < 4.78 is 68.5. The molecule has 0 aromatic rings. The van der Waals surface area contributed by atoms with Gasteiger partial charge in [-0.15, -0.1) is 0 Å². The third kappa shape index (κ3) is 72.3. The van der Waals surface area contributed by atoms with Crippen LogP contribution in [0.5, 0.6) is 0 Å². The van der Waals surface area contributed by atoms with Crippen molar-refractivity contribution in [1.82, 2.24) is 0 Å². The summed E-state index contributed by atoms with van der Waals surface area (Å²) in [4.78, 5) is 72.9. The molecule has 0 amide bonds. The van der Waals surface area contributed by atoms with E-state index < -0.39 is 97.5 Å². The minimum Gasteiger partial charge on any atom is -0.462 e. The summed E-state index contributed by atoms with van der Waals surface area (Å²) in [5.41, 5.74) is 0. The quantitative estimate of drug-likeness (QED) is 0.0169. The second-order valence-electron chi connectivity index (χ2n) is 26.3. The Bertz CT molecular complexity index is 2270. The Labute approximate surface area is 607 Å². The normalized spacial score (nSPS) is 14.4. The van der Waals surface area contributed by atoms with Gasteiger partial charge < -0.3 is 33.8 Å². The number of phosphoric ester groups is 2. The van der Waals surface area contributed by atoms with Crippen molar-refractivity contribution < 1.29 is 80.2 Å². The number of aliphatic hydroxyl groups is 1. The van der Waals surface area contributed by atoms with Crippen LogP contribution in [0.15, 0.2) is 97.2 Å². The van der Waals surface area contributed by atoms with Gasteiger partial charge in [0.05, 0.1) is 26.4 Å². The van der Waals surface area contributed by atoms with Crippen molar-refractivity contribution in [2.75, 3.05) is 39.6 Å². The predicted molar refractivity (Wildman–Crippen MR) is 409 cm³/mol. The molecule has 0 aliphatic heterocycles. The molecule has 0 aliphatic rings. The van der Waals surface area contributed by atoms with Crippen LogP contribution in [0.25, 0.3) is 0 Å². The van der Waals surface area contributed by atoms with Crippen molar-refractivity contribution in [2.45, 2.75) is 354 Å². The maximum atomic E-state index is 13.1. The zero-order valence-electron chi connectivity index (χ0n) is 63.1. The van der Waals surface area contributed by atoms with Gasteiger partial charge in [-0.1, -0.05) is 279 Å². The van der Waals surface area contributed by atoms with Crippen LogP contribution in [0.3, 0.4) is 0 Å². The number of aliphatic hydroxyl groups excluding tert-OH is 1. The van der Waals surface area contributed by atoms with Gasteiger partial charge >= 0.3 is 39.5 Å². The van der Waals surface area contributed by atoms with Gasteiger partial charge in [0, 0.05) is 25.7 Å². The Morgan fingerprint density at radius 3 is 0.810 bits per heavy atom. The van der Waals surface area contributed by atoms with Gasteiger partial charge in [-0.05, 0) is 128 Å². The number of hydrogen-bond donors (Lipinski definition) is 3. The van der Waals surface area contributed by atoms with E-state index in [4.69, 9.17) is 37.0 Å². The van der Waals surface area contributed by atoms with Gasteiger partial charge in [-0.25, -0.2) is 9.13 Å². The van der Waals surface area contributed by atoms with Crippen molar-refractivity contribution in [2.24, 2.45) is 0 Å². The van der Waals surface area contributed by atoms with Crippen molar-refractivity contribution in [3.05, 3.63) is 97.2 Å². The molecule has 0 spiro atoms. The number of esters is 4. The number of rotatable bonds is 74. The Kier molecular flexibility index (Phi) is 70.4. The molecule has 17 nitrogen and oxygen atoms in total. The molecule has 19 heteroatoms. The van der Waals surface area contributed by atoms with Crippen molar-refractivity contribution >= 4 is 39.5 Å². The highest BCUT2D eigenvalue weighted by molar-refractivity contribution is 7.47. The molecule has 0 aliphatic carbocycles. The van der Waals surface area contributed by atoms with E-state index in [1.54, 1.807) is 0 Å². The molecule has 5 atom stereocenters. The van der Waals surface area contributed by atoms with Gasteiger partial charge in [0.2, 0.25) is 0 Å². The minimum absolute atomic E-state index is 0.0160. The molecule has 0 saturated heterocycles. The first-order valence-corrected chi connectivity index (χ1v) is 42.5. The number of carbonyl (C=O) groups is 4. The lowest BCUT2D eigenvalue weighted by atomic mass is 10.0. The molecule has 0 aromatic carbocycles. The predicted octanol–water partition coefficient (Wildman–Crippen LogP) is 22.8. The van der Waals surface area contributed by atoms with Gasteiger partial charge in [0.15, 0.2) is 12.2 Å². The monoisotopic (exact) mass is 1450 g/mol. The lowest BCUT2D eigenvalue weighted by Crippen LogP contribution is -2.30. The molecular formula is C81H142O17P2. The summed E-state index contributed by atoms with van der Waals surface area (Å²) in [5.74, 6) is -2.25. The van der Waals surface area contributed by atoms with Crippen LogP contribution in [0, 0.1) is 0 Å². The number of ether oxygens (including phenoxy) is 4. The number of carbonyl (C=O) groups excluding carboxylic acids is 4. The maximum Gasteiger partial charge on any atom is 0.472 e. The summed E-state index contributed by atoms with van der Waals surface area (Å²) >= 11 is 0. The summed E-state index contributed by atoms with van der Waals surface area (Å²) in [6, 6.07) is 0. The van der Waals surface area contributed by atoms with Crippen LogP contribution in [-0.4, -0.2) is 96.7 Å². The standard InChI is InChI=1S/C81H142O17P2/c1-5-9-13-17-21-25-29-33-36-37-40-44-48-52-56-60-64-68-81(86)98-77(72-92-79(84)66-62-58-54-50-46-42-38-34-30-26-22-18-14-10-6-2)74-96-100(89,90)94-70-75(82)69-93-99(87,88)95-73-76(71-91-78(83)65-61-57-53-49-45-41-32-28-24-20-16-12-8-4)97-80(85)67-63-59-55-51-47-43-39-35-31-27-23-19-15-11-7-3/h21-23,25-27,33-36,38-40,44,52,56,75-77,82H,5-20,24,28-32,37,41-43,45-51,53-55,57-74H2,1-4H3,(H,87,88)(H,89,90)/b25-21-,26-22-,27-23-,36-33-,38-34-,39-35-,44-40-,56-52-/t75-,76-,77-/m1/s1. The van der Waals surface area contributed by atoms with Crippen LogP contribution in [0.2, 0.25) is 0 Å². The summed E-state index contributed by atoms with van der Waals surface area (Å²) in [6.07, 6.45) is 76.8. The lowest BCUT2D eigenvalue weighted by Gasteiger charge is -2.21. The van der Waals surface area contributed by atoms with Gasteiger partial charge in [0.1, 0.15) is 19.3 Å². The fourth-order valence-corrected chi connectivity index (χ4v) is 12.0. The molecule has 0 radical (unpaired) electrons. The fraction of sp³-hybridized carbons (Fsp3) is 0.753. The maximum absolute atomic E-state index is 13.1. The Hall–Kier alpha value is -4.02. The highest BCUT2D eigenvalue weighted by Gasteiger charge is 2.30. The Balaban J connectivity index is 5.42. The number of hydrogen-bond acceptors (Lipinski definition) is 15. The fourth-order valence-electron chi connectivity index (χ4n) is 10.4. The molecular weight excluding hydrogens is 1310 g/mol. The summed E-state index contributed by atoms with van der Waals surface area (Å²) in [5, 5.41) is 10.6. The lowest BCUT2D eigenvalue weighted by molar-refractivity contribution is -0.161. The van der Waals surface area contributed by atoms with Crippen LogP contribution >= 0.6 is 15.6 Å². The first-order chi connectivity index (χ1) is 48.7. The largest absolute Gasteiger partial charge is 0.472 e. The molecule has 100 heavy (non-hydrogen) atoms. The van der Waals surface area contributed by atoms with Crippen molar-refractivity contribution in [3.8, 4) is 0 Å². The van der Waals surface area contributed by atoms with Crippen LogP contribution in [-0.2, 0) is 65.4 Å². The highest BCUT2D eigenvalue weighted by atomic mass is 31.2. The van der Waals surface area contributed by atoms with Crippen molar-refractivity contribution in [3.63, 3.8) is 0 Å². The molecule has 0 saturated carbocycles. The number of unbranched alkanes of at least 4 members (excludes halogenated alkanes) is 32. The highest BCUT2D eigenvalue weighted by Crippen LogP contribution is 2.45. The van der Waals surface area contributed by atoms with E-state index in [1.165, 1.54) is 116 Å². The van der Waals surface area contributed by atoms with E-state index in [1.807, 2.05) is 12.2 Å². The van der Waals surface area contributed by atoms with E-state index in [0.717, 1.165) is 135 Å². The third-order valence-electron chi connectivity index (χ3n) is 16.5. The molecule has 0 rings (SSSR count). The SMILES string of the molecule is CCCCC/C=C\C/C=C\C/C=C\C/C=C\CCCC(=O)O[C@H](COC(=O)CCCCCCC/C=C\C/C=C\CCCCC)COP(=O)(O)OC[C@H](O)COP(=O)(O)OC[C@@H](COC(=O)CCCCCCCCCCCCCCC)OC(=O)CCCCCCC/C=C\C/C=C\CCCCC. The summed E-state index contributed by atoms with van der Waals surface area (Å²) in [6.45, 7) is 4.73. The smallest absolute Gasteiger partial charge is 0.462 e.